The van der Waals surface area contributed by atoms with Crippen molar-refractivity contribution in [3.05, 3.63) is 17.4 Å². The summed E-state index contributed by atoms with van der Waals surface area (Å²) < 4.78 is 0. The van der Waals surface area contributed by atoms with E-state index in [1.165, 1.54) is 0 Å². The van der Waals surface area contributed by atoms with E-state index in [4.69, 9.17) is 11.6 Å². The van der Waals surface area contributed by atoms with Crippen molar-refractivity contribution in [3.8, 4) is 0 Å². The third-order valence-corrected chi connectivity index (χ3v) is 2.19. The lowest BCUT2D eigenvalue weighted by Crippen LogP contribution is -2.35. The number of nitrogens with one attached hydrogen (secondary N) is 1. The second kappa shape index (κ2) is 2.88. The Labute approximate surface area is 80.5 Å². The summed E-state index contributed by atoms with van der Waals surface area (Å²) in [5, 5.41) is 3.14. The molecule has 4 nitrogen and oxygen atoms in total. The molecular weight excluding hydrogens is 190 g/mol. The van der Waals surface area contributed by atoms with Crippen LogP contribution in [0, 0.1) is 0 Å². The number of carbonyl (C=O) groups excluding carboxylic acids is 1. The zero-order valence-corrected chi connectivity index (χ0v) is 7.80. The van der Waals surface area contributed by atoms with Crippen molar-refractivity contribution >= 4 is 28.9 Å². The van der Waals surface area contributed by atoms with Gasteiger partial charge in [-0.25, -0.2) is 4.98 Å². The van der Waals surface area contributed by atoms with Crippen LogP contribution in [0.25, 0.3) is 0 Å². The van der Waals surface area contributed by atoms with Crippen LogP contribution in [-0.2, 0) is 4.79 Å². The van der Waals surface area contributed by atoms with E-state index in [9.17, 15) is 4.79 Å². The Morgan fingerprint density at radius 2 is 2.46 bits per heavy atom. The van der Waals surface area contributed by atoms with Gasteiger partial charge >= 0.3 is 0 Å². The zero-order chi connectivity index (χ0) is 9.42. The van der Waals surface area contributed by atoms with Crippen molar-refractivity contribution in [2.24, 2.45) is 0 Å². The number of anilines is 2. The Bertz CT molecular complexity index is 366. The predicted octanol–water partition coefficient (Wildman–Crippen LogP) is 1.12. The second-order valence-corrected chi connectivity index (χ2v) is 3.26. The second-order valence-electron chi connectivity index (χ2n) is 2.90. The van der Waals surface area contributed by atoms with Gasteiger partial charge in [-0.3, -0.25) is 4.79 Å². The lowest BCUT2D eigenvalue weighted by molar-refractivity contribution is -0.115. The Morgan fingerprint density at radius 1 is 1.69 bits per heavy atom. The molecule has 0 aliphatic carbocycles. The van der Waals surface area contributed by atoms with Gasteiger partial charge in [0.05, 0.1) is 17.9 Å². The van der Waals surface area contributed by atoms with Gasteiger partial charge in [-0.1, -0.05) is 11.6 Å². The molecule has 0 unspecified atom stereocenters. The highest BCUT2D eigenvalue weighted by atomic mass is 35.5. The fourth-order valence-corrected chi connectivity index (χ4v) is 1.68. The number of hydrogen-bond acceptors (Lipinski definition) is 3. The number of pyridine rings is 1. The lowest BCUT2D eigenvalue weighted by atomic mass is 10.2. The first-order chi connectivity index (χ1) is 6.18. The van der Waals surface area contributed by atoms with Gasteiger partial charge in [-0.2, -0.15) is 0 Å². The van der Waals surface area contributed by atoms with E-state index in [1.807, 2.05) is 7.05 Å². The van der Waals surface area contributed by atoms with E-state index >= 15 is 0 Å². The van der Waals surface area contributed by atoms with Crippen molar-refractivity contribution in [1.82, 2.24) is 4.98 Å². The predicted molar refractivity (Wildman–Crippen MR) is 51.1 cm³/mol. The molecule has 2 rings (SSSR count). The van der Waals surface area contributed by atoms with Crippen molar-refractivity contribution in [3.63, 3.8) is 0 Å². The molecule has 68 valence electrons. The molecule has 13 heavy (non-hydrogen) atoms. The van der Waals surface area contributed by atoms with Crippen LogP contribution in [0.3, 0.4) is 0 Å². The summed E-state index contributed by atoms with van der Waals surface area (Å²) in [5.41, 5.74) is 1.50. The Balaban J connectivity index is 2.55. The van der Waals surface area contributed by atoms with E-state index < -0.39 is 0 Å². The minimum Gasteiger partial charge on any atom is -0.361 e. The molecule has 2 heterocycles. The third-order valence-electron chi connectivity index (χ3n) is 1.92. The molecule has 0 radical (unpaired) electrons. The lowest BCUT2D eigenvalue weighted by Gasteiger charge is -2.27. The number of amides is 1. The maximum Gasteiger partial charge on any atom is 0.243 e. The molecule has 0 aromatic carbocycles. The van der Waals surface area contributed by atoms with E-state index in [1.54, 1.807) is 17.2 Å². The van der Waals surface area contributed by atoms with Crippen LogP contribution in [0.5, 0.6) is 0 Å². The van der Waals surface area contributed by atoms with E-state index in [0.29, 0.717) is 11.7 Å². The first-order valence-electron chi connectivity index (χ1n) is 3.84. The number of likely N-dealkylation sites (N-methyl/N-ethyl adjacent to an activating group) is 1. The summed E-state index contributed by atoms with van der Waals surface area (Å²) in [6, 6.07) is 1.73. The molecule has 1 aliphatic heterocycles. The average Bonchev–Trinajstić information content (AvgIpc) is 2.02. The first-order valence-corrected chi connectivity index (χ1v) is 4.22. The molecule has 0 saturated heterocycles. The molecule has 1 aromatic rings. The van der Waals surface area contributed by atoms with Crippen molar-refractivity contribution in [2.45, 2.75) is 0 Å². The molecule has 1 amide bonds. The summed E-state index contributed by atoms with van der Waals surface area (Å²) in [5.74, 6) is -0.0303. The largest absolute Gasteiger partial charge is 0.361 e. The molecule has 0 spiro atoms. The molecule has 0 saturated carbocycles. The van der Waals surface area contributed by atoms with Gasteiger partial charge in [-0.05, 0) is 6.07 Å². The molecule has 1 aromatic heterocycles. The maximum atomic E-state index is 11.1. The maximum absolute atomic E-state index is 11.1. The topological polar surface area (TPSA) is 45.2 Å². The molecule has 0 bridgehead atoms. The standard InChI is InChI=1S/C8H8ClN3O/c1-12-4-6(13)11-5-2-3-10-8(9)7(5)12/h2-3H,4H2,1H3,(H,11,13). The van der Waals surface area contributed by atoms with Crippen LogP contribution in [0.1, 0.15) is 0 Å². The van der Waals surface area contributed by atoms with Crippen LogP contribution < -0.4 is 10.2 Å². The van der Waals surface area contributed by atoms with Gasteiger partial charge in [-0.15, -0.1) is 0 Å². The SMILES string of the molecule is CN1CC(=O)Nc2ccnc(Cl)c21. The summed E-state index contributed by atoms with van der Waals surface area (Å²) >= 11 is 5.88. The van der Waals surface area contributed by atoms with Crippen LogP contribution in [0.4, 0.5) is 11.4 Å². The van der Waals surface area contributed by atoms with E-state index in [2.05, 4.69) is 10.3 Å². The quantitative estimate of drug-likeness (QED) is 0.634. The number of hydrogen-bond donors (Lipinski definition) is 1. The number of aromatic nitrogens is 1. The van der Waals surface area contributed by atoms with Gasteiger partial charge in [0.25, 0.3) is 0 Å². The highest BCUT2D eigenvalue weighted by molar-refractivity contribution is 6.33. The van der Waals surface area contributed by atoms with Gasteiger partial charge in [0.1, 0.15) is 0 Å². The smallest absolute Gasteiger partial charge is 0.243 e. The Kier molecular flexibility index (Phi) is 1.84. The van der Waals surface area contributed by atoms with Gasteiger partial charge < -0.3 is 10.2 Å². The normalized spacial score (nSPS) is 15.2. The fraction of sp³-hybridized carbons (Fsp3) is 0.250. The highest BCUT2D eigenvalue weighted by Gasteiger charge is 2.21. The molecule has 1 aliphatic rings. The minimum absolute atomic E-state index is 0.0303. The highest BCUT2D eigenvalue weighted by Crippen LogP contribution is 2.33. The summed E-state index contributed by atoms with van der Waals surface area (Å²) in [6.45, 7) is 0.318. The van der Waals surface area contributed by atoms with Crippen molar-refractivity contribution < 1.29 is 4.79 Å². The molecule has 5 heteroatoms. The molecule has 0 atom stereocenters. The number of halogens is 1. The fourth-order valence-electron chi connectivity index (χ4n) is 1.38. The number of nitrogens with zero attached hydrogens (tertiary/aromatic N) is 2. The number of fused-ring (bicyclic) bond motifs is 1. The van der Waals surface area contributed by atoms with Crippen LogP contribution >= 0.6 is 11.6 Å². The van der Waals surface area contributed by atoms with Crippen LogP contribution in [0.15, 0.2) is 12.3 Å². The number of rotatable bonds is 0. The summed E-state index contributed by atoms with van der Waals surface area (Å²) in [6.07, 6.45) is 1.57. The summed E-state index contributed by atoms with van der Waals surface area (Å²) in [4.78, 5) is 16.9. The van der Waals surface area contributed by atoms with Gasteiger partial charge in [0, 0.05) is 13.2 Å². The Morgan fingerprint density at radius 3 is 3.23 bits per heavy atom. The van der Waals surface area contributed by atoms with Crippen LogP contribution in [0.2, 0.25) is 5.15 Å². The van der Waals surface area contributed by atoms with E-state index in [0.717, 1.165) is 11.4 Å². The molecule has 1 N–H and O–H groups in total. The van der Waals surface area contributed by atoms with Gasteiger partial charge in [0.2, 0.25) is 5.91 Å². The van der Waals surface area contributed by atoms with E-state index in [-0.39, 0.29) is 5.91 Å². The minimum atomic E-state index is -0.0303. The van der Waals surface area contributed by atoms with Crippen LogP contribution in [-0.4, -0.2) is 24.5 Å². The first kappa shape index (κ1) is 8.31. The Hall–Kier alpha value is -1.29. The summed E-state index contributed by atoms with van der Waals surface area (Å²) in [7, 11) is 1.81. The van der Waals surface area contributed by atoms with Crippen molar-refractivity contribution in [2.75, 3.05) is 23.8 Å². The number of carbonyl (C=O) groups is 1. The van der Waals surface area contributed by atoms with Crippen molar-refractivity contribution in [1.29, 1.82) is 0 Å². The molecule has 0 fully saturated rings. The zero-order valence-electron chi connectivity index (χ0n) is 7.04. The van der Waals surface area contributed by atoms with Gasteiger partial charge in [0.15, 0.2) is 5.15 Å². The monoisotopic (exact) mass is 197 g/mol. The average molecular weight is 198 g/mol. The third kappa shape index (κ3) is 1.33. The molecular formula is C8H8ClN3O.